The minimum absolute atomic E-state index is 0.202. The quantitative estimate of drug-likeness (QED) is 0.711. The van der Waals surface area contributed by atoms with E-state index in [0.717, 1.165) is 0 Å². The van der Waals surface area contributed by atoms with Gasteiger partial charge in [-0.15, -0.1) is 6.58 Å². The highest BCUT2D eigenvalue weighted by Gasteiger charge is 2.63. The van der Waals surface area contributed by atoms with Crippen LogP contribution in [0.4, 0.5) is 0 Å². The SMILES string of the molecule is C=CCS(=O)(=O)[C@H]1O[C@@H]2OC(C)(C)O[C@@H]2[C@H]2OC(C)(C)O[C@H]21. The van der Waals surface area contributed by atoms with Gasteiger partial charge < -0.3 is 23.7 Å². The third kappa shape index (κ3) is 2.72. The highest BCUT2D eigenvalue weighted by Crippen LogP contribution is 2.45. The van der Waals surface area contributed by atoms with Gasteiger partial charge in [-0.05, 0) is 27.7 Å². The van der Waals surface area contributed by atoms with Gasteiger partial charge in [-0.25, -0.2) is 8.42 Å². The number of ether oxygens (including phenoxy) is 5. The number of rotatable bonds is 3. The van der Waals surface area contributed by atoms with E-state index in [9.17, 15) is 8.42 Å². The summed E-state index contributed by atoms with van der Waals surface area (Å²) in [5.41, 5.74) is -1.17. The van der Waals surface area contributed by atoms with Crippen molar-refractivity contribution in [2.75, 3.05) is 5.75 Å². The van der Waals surface area contributed by atoms with Crippen molar-refractivity contribution in [2.24, 2.45) is 0 Å². The number of hydrogen-bond acceptors (Lipinski definition) is 7. The van der Waals surface area contributed by atoms with Crippen LogP contribution in [-0.2, 0) is 33.5 Å². The molecule has 3 rings (SSSR count). The Morgan fingerprint density at radius 2 is 1.50 bits per heavy atom. The molecule has 0 bridgehead atoms. The Bertz CT molecular complexity index is 568. The Morgan fingerprint density at radius 3 is 2.14 bits per heavy atom. The topological polar surface area (TPSA) is 80.3 Å². The van der Waals surface area contributed by atoms with Gasteiger partial charge in [0.25, 0.3) is 0 Å². The summed E-state index contributed by atoms with van der Waals surface area (Å²) in [6.45, 7) is 10.4. The molecule has 22 heavy (non-hydrogen) atoms. The fourth-order valence-corrected chi connectivity index (χ4v) is 4.54. The first-order chi connectivity index (χ1) is 10.0. The fourth-order valence-electron chi connectivity index (χ4n) is 3.12. The molecule has 0 spiro atoms. The maximum atomic E-state index is 12.5. The molecule has 3 aliphatic heterocycles. The van der Waals surface area contributed by atoms with Crippen LogP contribution in [0.3, 0.4) is 0 Å². The van der Waals surface area contributed by atoms with Crippen LogP contribution in [0.5, 0.6) is 0 Å². The van der Waals surface area contributed by atoms with Crippen LogP contribution in [0.2, 0.25) is 0 Å². The van der Waals surface area contributed by atoms with Crippen molar-refractivity contribution in [3.63, 3.8) is 0 Å². The second-order valence-electron chi connectivity index (χ2n) is 6.66. The summed E-state index contributed by atoms with van der Waals surface area (Å²) in [6, 6.07) is 0. The molecule has 0 aromatic rings. The van der Waals surface area contributed by atoms with Crippen LogP contribution in [0, 0.1) is 0 Å². The van der Waals surface area contributed by atoms with E-state index in [1.165, 1.54) is 6.08 Å². The lowest BCUT2D eigenvalue weighted by atomic mass is 10.1. The maximum absolute atomic E-state index is 12.5. The van der Waals surface area contributed by atoms with Gasteiger partial charge in [0, 0.05) is 0 Å². The predicted molar refractivity (Wildman–Crippen MR) is 76.5 cm³/mol. The van der Waals surface area contributed by atoms with Crippen LogP contribution in [-0.4, -0.2) is 55.8 Å². The Morgan fingerprint density at radius 1 is 0.955 bits per heavy atom. The second-order valence-corrected chi connectivity index (χ2v) is 8.78. The minimum atomic E-state index is -3.59. The summed E-state index contributed by atoms with van der Waals surface area (Å²) in [6.07, 6.45) is -1.34. The Hall–Kier alpha value is -0.510. The zero-order chi connectivity index (χ0) is 16.3. The standard InChI is InChI=1S/C14H22O7S/c1-6-7-22(15,16)12-10-8(18-13(2,3)20-10)9-11(17-12)21-14(4,5)19-9/h6,8-12H,1,7H2,2-5H3/t8-,9-,10-,11-,12-/m1/s1. The molecule has 0 aromatic heterocycles. The molecule has 0 aliphatic carbocycles. The van der Waals surface area contributed by atoms with Gasteiger partial charge in [-0.2, -0.15) is 0 Å². The zero-order valence-corrected chi connectivity index (χ0v) is 14.0. The highest BCUT2D eigenvalue weighted by atomic mass is 32.2. The van der Waals surface area contributed by atoms with E-state index in [2.05, 4.69) is 6.58 Å². The Kier molecular flexibility index (Phi) is 3.71. The van der Waals surface area contributed by atoms with Crippen LogP contribution in [0.1, 0.15) is 27.7 Å². The molecule has 3 heterocycles. The first-order valence-electron chi connectivity index (χ1n) is 7.24. The van der Waals surface area contributed by atoms with Gasteiger partial charge in [-0.3, -0.25) is 0 Å². The van der Waals surface area contributed by atoms with E-state index in [-0.39, 0.29) is 5.75 Å². The third-order valence-corrected chi connectivity index (χ3v) is 5.60. The van der Waals surface area contributed by atoms with Crippen LogP contribution in [0.25, 0.3) is 0 Å². The predicted octanol–water partition coefficient (Wildman–Crippen LogP) is 0.941. The zero-order valence-electron chi connectivity index (χ0n) is 13.1. The molecule has 0 aromatic carbocycles. The van der Waals surface area contributed by atoms with Gasteiger partial charge in [0.1, 0.15) is 18.3 Å². The van der Waals surface area contributed by atoms with E-state index in [1.54, 1.807) is 27.7 Å². The average Bonchev–Trinajstić information content (AvgIpc) is 2.82. The first kappa shape index (κ1) is 16.4. The van der Waals surface area contributed by atoms with E-state index in [1.807, 2.05) is 0 Å². The largest absolute Gasteiger partial charge is 0.341 e. The first-order valence-corrected chi connectivity index (χ1v) is 8.95. The molecule has 3 aliphatic rings. The van der Waals surface area contributed by atoms with Crippen LogP contribution >= 0.6 is 0 Å². The van der Waals surface area contributed by atoms with Crippen molar-refractivity contribution in [1.82, 2.24) is 0 Å². The average molecular weight is 334 g/mol. The molecule has 126 valence electrons. The summed E-state index contributed by atoms with van der Waals surface area (Å²) in [4.78, 5) is 0. The summed E-state index contributed by atoms with van der Waals surface area (Å²) >= 11 is 0. The van der Waals surface area contributed by atoms with E-state index < -0.39 is 51.4 Å². The van der Waals surface area contributed by atoms with Crippen molar-refractivity contribution in [2.45, 2.75) is 69.3 Å². The summed E-state index contributed by atoms with van der Waals surface area (Å²) in [7, 11) is -3.59. The van der Waals surface area contributed by atoms with Crippen molar-refractivity contribution in [3.8, 4) is 0 Å². The smallest absolute Gasteiger partial charge is 0.191 e. The van der Waals surface area contributed by atoms with E-state index in [4.69, 9.17) is 23.7 Å². The highest BCUT2D eigenvalue weighted by molar-refractivity contribution is 7.92. The van der Waals surface area contributed by atoms with E-state index >= 15 is 0 Å². The van der Waals surface area contributed by atoms with Crippen LogP contribution < -0.4 is 0 Å². The van der Waals surface area contributed by atoms with Gasteiger partial charge in [0.05, 0.1) is 5.75 Å². The maximum Gasteiger partial charge on any atom is 0.191 e. The summed E-state index contributed by atoms with van der Waals surface area (Å²) in [5, 5.41) is 0. The van der Waals surface area contributed by atoms with Gasteiger partial charge in [-0.1, -0.05) is 6.08 Å². The number of hydrogen-bond donors (Lipinski definition) is 0. The van der Waals surface area contributed by atoms with Gasteiger partial charge in [0.15, 0.2) is 33.1 Å². The Balaban J connectivity index is 1.95. The van der Waals surface area contributed by atoms with Crippen LogP contribution in [0.15, 0.2) is 12.7 Å². The fraction of sp³-hybridized carbons (Fsp3) is 0.857. The number of sulfone groups is 1. The van der Waals surface area contributed by atoms with Gasteiger partial charge in [0.2, 0.25) is 0 Å². The van der Waals surface area contributed by atoms with Crippen molar-refractivity contribution in [1.29, 1.82) is 0 Å². The monoisotopic (exact) mass is 334 g/mol. The van der Waals surface area contributed by atoms with Gasteiger partial charge >= 0.3 is 0 Å². The number of fused-ring (bicyclic) bond motifs is 3. The molecule has 0 radical (unpaired) electrons. The van der Waals surface area contributed by atoms with Crippen molar-refractivity contribution in [3.05, 3.63) is 12.7 Å². The lowest BCUT2D eigenvalue weighted by Gasteiger charge is -2.36. The molecule has 3 saturated heterocycles. The lowest BCUT2D eigenvalue weighted by molar-refractivity contribution is -0.214. The molecule has 0 unspecified atom stereocenters. The molecule has 3 fully saturated rings. The molecular formula is C14H22O7S. The Labute approximate surface area is 130 Å². The third-order valence-electron chi connectivity index (χ3n) is 3.82. The normalized spacial score (nSPS) is 42.6. The van der Waals surface area contributed by atoms with Crippen molar-refractivity contribution >= 4 is 9.84 Å². The molecule has 0 N–H and O–H groups in total. The molecule has 7 nitrogen and oxygen atoms in total. The molecule has 5 atom stereocenters. The molecule has 0 saturated carbocycles. The molecule has 8 heteroatoms. The van der Waals surface area contributed by atoms with E-state index in [0.29, 0.717) is 0 Å². The minimum Gasteiger partial charge on any atom is -0.341 e. The second kappa shape index (κ2) is 4.99. The summed E-state index contributed by atoms with van der Waals surface area (Å²) < 4.78 is 53.7. The lowest BCUT2D eigenvalue weighted by Crippen LogP contribution is -2.57. The molecule has 0 amide bonds. The molecular weight excluding hydrogens is 312 g/mol. The van der Waals surface area contributed by atoms with Crippen molar-refractivity contribution < 1.29 is 32.1 Å². The summed E-state index contributed by atoms with van der Waals surface area (Å²) in [5.74, 6) is -1.98.